The molecule has 4 heteroatoms. The van der Waals surface area contributed by atoms with Gasteiger partial charge in [0, 0.05) is 19.5 Å². The van der Waals surface area contributed by atoms with Gasteiger partial charge in [-0.2, -0.15) is 0 Å². The molecule has 0 aliphatic carbocycles. The first-order valence-corrected chi connectivity index (χ1v) is 6.57. The fourth-order valence-electron chi connectivity index (χ4n) is 2.31. The standard InChI is InChI=1S/C16H16N2O2/c1-19-11-14-15(12-6-3-2-4-7-12)20-16(18-14)13-8-5-9-17-10-13/h2-10,14-15H,11H2,1H3/t14-,15-/m0/s1. The number of pyridine rings is 1. The third kappa shape index (κ3) is 2.56. The van der Waals surface area contributed by atoms with Crippen molar-refractivity contribution in [2.24, 2.45) is 4.99 Å². The van der Waals surface area contributed by atoms with Crippen LogP contribution < -0.4 is 0 Å². The molecule has 4 nitrogen and oxygen atoms in total. The van der Waals surface area contributed by atoms with E-state index in [4.69, 9.17) is 9.47 Å². The SMILES string of the molecule is COC[C@@H]1N=C(c2cccnc2)O[C@H]1c1ccccc1. The van der Waals surface area contributed by atoms with Crippen molar-refractivity contribution in [3.63, 3.8) is 0 Å². The molecule has 0 amide bonds. The lowest BCUT2D eigenvalue weighted by Gasteiger charge is -2.17. The molecule has 0 radical (unpaired) electrons. The minimum Gasteiger partial charge on any atom is -0.467 e. The maximum absolute atomic E-state index is 6.03. The molecule has 0 unspecified atom stereocenters. The Morgan fingerprint density at radius 1 is 1.15 bits per heavy atom. The summed E-state index contributed by atoms with van der Waals surface area (Å²) in [5, 5.41) is 0. The molecular weight excluding hydrogens is 252 g/mol. The summed E-state index contributed by atoms with van der Waals surface area (Å²) in [5.74, 6) is 0.633. The summed E-state index contributed by atoms with van der Waals surface area (Å²) in [5.41, 5.74) is 2.00. The normalized spacial score (nSPS) is 21.4. The third-order valence-corrected chi connectivity index (χ3v) is 3.25. The highest BCUT2D eigenvalue weighted by Crippen LogP contribution is 2.30. The van der Waals surface area contributed by atoms with Gasteiger partial charge in [0.1, 0.15) is 6.04 Å². The zero-order valence-electron chi connectivity index (χ0n) is 11.3. The van der Waals surface area contributed by atoms with Gasteiger partial charge in [0.25, 0.3) is 0 Å². The molecule has 2 atom stereocenters. The van der Waals surface area contributed by atoms with Crippen molar-refractivity contribution in [1.82, 2.24) is 4.98 Å². The second-order valence-corrected chi connectivity index (χ2v) is 4.65. The van der Waals surface area contributed by atoms with Crippen molar-refractivity contribution in [2.45, 2.75) is 12.1 Å². The highest BCUT2D eigenvalue weighted by Gasteiger charge is 2.32. The van der Waals surface area contributed by atoms with Crippen LogP contribution in [-0.4, -0.2) is 30.6 Å². The number of hydrogen-bond donors (Lipinski definition) is 0. The van der Waals surface area contributed by atoms with E-state index in [2.05, 4.69) is 22.1 Å². The van der Waals surface area contributed by atoms with Gasteiger partial charge >= 0.3 is 0 Å². The Morgan fingerprint density at radius 3 is 2.70 bits per heavy atom. The first-order valence-electron chi connectivity index (χ1n) is 6.57. The lowest BCUT2D eigenvalue weighted by atomic mass is 10.0. The van der Waals surface area contributed by atoms with Crippen LogP contribution in [-0.2, 0) is 9.47 Å². The quantitative estimate of drug-likeness (QED) is 0.856. The Labute approximate surface area is 118 Å². The van der Waals surface area contributed by atoms with E-state index in [0.29, 0.717) is 12.5 Å². The molecule has 1 aromatic carbocycles. The molecular formula is C16H16N2O2. The average molecular weight is 268 g/mol. The van der Waals surface area contributed by atoms with Crippen molar-refractivity contribution in [3.8, 4) is 0 Å². The zero-order chi connectivity index (χ0) is 13.8. The van der Waals surface area contributed by atoms with Crippen molar-refractivity contribution in [2.75, 3.05) is 13.7 Å². The Bertz CT molecular complexity index is 584. The zero-order valence-corrected chi connectivity index (χ0v) is 11.3. The minimum atomic E-state index is -0.105. The lowest BCUT2D eigenvalue weighted by Crippen LogP contribution is -2.19. The van der Waals surface area contributed by atoms with Crippen LogP contribution >= 0.6 is 0 Å². The van der Waals surface area contributed by atoms with E-state index in [0.717, 1.165) is 11.1 Å². The van der Waals surface area contributed by atoms with E-state index < -0.39 is 0 Å². The monoisotopic (exact) mass is 268 g/mol. The predicted molar refractivity (Wildman–Crippen MR) is 76.7 cm³/mol. The Balaban J connectivity index is 1.88. The fourth-order valence-corrected chi connectivity index (χ4v) is 2.31. The van der Waals surface area contributed by atoms with Crippen LogP contribution in [0.25, 0.3) is 0 Å². The number of aromatic nitrogens is 1. The molecule has 0 bridgehead atoms. The maximum Gasteiger partial charge on any atom is 0.218 e. The van der Waals surface area contributed by atoms with Gasteiger partial charge in [-0.05, 0) is 17.7 Å². The molecule has 0 fully saturated rings. The van der Waals surface area contributed by atoms with Crippen LogP contribution in [0.15, 0.2) is 59.9 Å². The van der Waals surface area contributed by atoms with Gasteiger partial charge in [-0.1, -0.05) is 30.3 Å². The van der Waals surface area contributed by atoms with Gasteiger partial charge < -0.3 is 9.47 Å². The molecule has 20 heavy (non-hydrogen) atoms. The Kier molecular flexibility index (Phi) is 3.74. The van der Waals surface area contributed by atoms with E-state index >= 15 is 0 Å². The molecule has 0 spiro atoms. The second-order valence-electron chi connectivity index (χ2n) is 4.65. The van der Waals surface area contributed by atoms with Crippen molar-refractivity contribution in [3.05, 3.63) is 66.0 Å². The van der Waals surface area contributed by atoms with Crippen molar-refractivity contribution < 1.29 is 9.47 Å². The van der Waals surface area contributed by atoms with Gasteiger partial charge in [0.05, 0.1) is 12.2 Å². The van der Waals surface area contributed by atoms with Gasteiger partial charge in [0.2, 0.25) is 5.90 Å². The summed E-state index contributed by atoms with van der Waals surface area (Å²) in [6, 6.07) is 13.9. The smallest absolute Gasteiger partial charge is 0.218 e. The largest absolute Gasteiger partial charge is 0.467 e. The van der Waals surface area contributed by atoms with Gasteiger partial charge in [0.15, 0.2) is 6.10 Å². The van der Waals surface area contributed by atoms with Gasteiger partial charge in [-0.15, -0.1) is 0 Å². The fraction of sp³-hybridized carbons (Fsp3) is 0.250. The van der Waals surface area contributed by atoms with E-state index in [1.165, 1.54) is 0 Å². The molecule has 0 N–H and O–H groups in total. The molecule has 2 aromatic rings. The van der Waals surface area contributed by atoms with E-state index in [9.17, 15) is 0 Å². The van der Waals surface area contributed by atoms with Gasteiger partial charge in [-0.25, -0.2) is 4.99 Å². The molecule has 2 heterocycles. The van der Waals surface area contributed by atoms with Crippen molar-refractivity contribution in [1.29, 1.82) is 0 Å². The number of ether oxygens (including phenoxy) is 2. The number of aliphatic imine (C=N–C) groups is 1. The topological polar surface area (TPSA) is 43.7 Å². The third-order valence-electron chi connectivity index (χ3n) is 3.25. The summed E-state index contributed by atoms with van der Waals surface area (Å²) in [6.45, 7) is 0.531. The number of hydrogen-bond acceptors (Lipinski definition) is 4. The van der Waals surface area contributed by atoms with E-state index in [1.807, 2.05) is 30.3 Å². The number of benzene rings is 1. The van der Waals surface area contributed by atoms with Crippen LogP contribution in [0.2, 0.25) is 0 Å². The van der Waals surface area contributed by atoms with E-state index in [1.54, 1.807) is 19.5 Å². The molecule has 1 aliphatic rings. The summed E-state index contributed by atoms with van der Waals surface area (Å²) in [7, 11) is 1.68. The Morgan fingerprint density at radius 2 is 2.00 bits per heavy atom. The van der Waals surface area contributed by atoms with Crippen LogP contribution in [0, 0.1) is 0 Å². The van der Waals surface area contributed by atoms with Gasteiger partial charge in [-0.3, -0.25) is 4.98 Å². The molecule has 3 rings (SSSR count). The van der Waals surface area contributed by atoms with E-state index in [-0.39, 0.29) is 12.1 Å². The molecule has 102 valence electrons. The molecule has 1 aromatic heterocycles. The predicted octanol–water partition coefficient (Wildman–Crippen LogP) is 2.61. The van der Waals surface area contributed by atoms with Crippen molar-refractivity contribution >= 4 is 5.90 Å². The minimum absolute atomic E-state index is 0.0300. The number of methoxy groups -OCH3 is 1. The first kappa shape index (κ1) is 12.8. The van der Waals surface area contributed by atoms with Crippen LogP contribution in [0.3, 0.4) is 0 Å². The summed E-state index contributed by atoms with van der Waals surface area (Å²) in [6.07, 6.45) is 3.39. The highest BCUT2D eigenvalue weighted by molar-refractivity contribution is 5.95. The molecule has 0 saturated carbocycles. The number of rotatable bonds is 4. The lowest BCUT2D eigenvalue weighted by molar-refractivity contribution is 0.120. The summed E-state index contributed by atoms with van der Waals surface area (Å²) >= 11 is 0. The molecule has 1 aliphatic heterocycles. The second kappa shape index (κ2) is 5.84. The molecule has 0 saturated heterocycles. The Hall–Kier alpha value is -2.20. The summed E-state index contributed by atoms with van der Waals surface area (Å²) < 4.78 is 11.3. The van der Waals surface area contributed by atoms with Crippen LogP contribution in [0.4, 0.5) is 0 Å². The van der Waals surface area contributed by atoms with Crippen LogP contribution in [0.5, 0.6) is 0 Å². The summed E-state index contributed by atoms with van der Waals surface area (Å²) in [4.78, 5) is 8.74. The van der Waals surface area contributed by atoms with Crippen LogP contribution in [0.1, 0.15) is 17.2 Å². The highest BCUT2D eigenvalue weighted by atomic mass is 16.5. The number of nitrogens with zero attached hydrogens (tertiary/aromatic N) is 2. The maximum atomic E-state index is 6.03. The first-order chi connectivity index (χ1) is 9.88. The average Bonchev–Trinajstić information content (AvgIpc) is 2.94.